The average molecular weight is 529 g/mol. The lowest BCUT2D eigenvalue weighted by molar-refractivity contribution is -0.318. The molecule has 1 aliphatic rings. The van der Waals surface area contributed by atoms with Crippen LogP contribution in [0.5, 0.6) is 0 Å². The highest BCUT2D eigenvalue weighted by atomic mass is 32.2. The van der Waals surface area contributed by atoms with E-state index >= 15 is 0 Å². The fourth-order valence-electron chi connectivity index (χ4n) is 3.76. The molecule has 0 radical (unpaired) electrons. The van der Waals surface area contributed by atoms with E-state index in [0.29, 0.717) is 11.1 Å². The molecule has 1 saturated heterocycles. The molecule has 1 heterocycles. The van der Waals surface area contributed by atoms with Gasteiger partial charge in [0, 0.05) is 0 Å². The summed E-state index contributed by atoms with van der Waals surface area (Å²) in [5, 5.41) is 30.2. The third kappa shape index (κ3) is 7.37. The van der Waals surface area contributed by atoms with Gasteiger partial charge in [0.1, 0.15) is 35.9 Å². The van der Waals surface area contributed by atoms with Crippen LogP contribution >= 0.6 is 0 Å². The van der Waals surface area contributed by atoms with Crippen molar-refractivity contribution in [1.82, 2.24) is 0 Å². The molecule has 0 aliphatic carbocycles. The normalized spacial score (nSPS) is 26.2. The molecule has 2 rings (SSSR count). The van der Waals surface area contributed by atoms with Crippen LogP contribution in [0, 0.1) is 0 Å². The quantitative estimate of drug-likeness (QED) is 0.418. The second-order valence-electron chi connectivity index (χ2n) is 9.67. The number of halogens is 3. The summed E-state index contributed by atoms with van der Waals surface area (Å²) < 4.78 is 79.0. The van der Waals surface area contributed by atoms with Crippen LogP contribution in [-0.2, 0) is 23.8 Å². The monoisotopic (exact) mass is 528 g/mol. The van der Waals surface area contributed by atoms with Gasteiger partial charge in [-0.1, -0.05) is 53.7 Å². The maximum absolute atomic E-state index is 13.3. The highest BCUT2D eigenvalue weighted by molar-refractivity contribution is 7.86. The van der Waals surface area contributed by atoms with Crippen LogP contribution in [0.2, 0.25) is 0 Å². The SMILES string of the molecule is CC(C)c1cc(C(C)C)c(S(=O)(=O)OC[C@H]2O[C@@H](OCC(F)(F)F)[C@H](O)[C@@H](O)[C@@H]2O)c(C(C)C)c1. The number of alkyl halides is 3. The first-order valence-corrected chi connectivity index (χ1v) is 12.8. The van der Waals surface area contributed by atoms with Gasteiger partial charge in [-0.3, -0.25) is 4.18 Å². The molecular formula is C23H35F3O8S. The summed E-state index contributed by atoms with van der Waals surface area (Å²) in [6.45, 7) is 8.77. The van der Waals surface area contributed by atoms with E-state index in [1.54, 1.807) is 0 Å². The van der Waals surface area contributed by atoms with E-state index in [9.17, 15) is 36.9 Å². The molecule has 5 atom stereocenters. The summed E-state index contributed by atoms with van der Waals surface area (Å²) in [5.74, 6) is -0.198. The molecule has 0 saturated carbocycles. The minimum Gasteiger partial charge on any atom is -0.387 e. The van der Waals surface area contributed by atoms with E-state index in [4.69, 9.17) is 8.92 Å². The summed E-state index contributed by atoms with van der Waals surface area (Å²) in [6, 6.07) is 3.62. The summed E-state index contributed by atoms with van der Waals surface area (Å²) >= 11 is 0. The van der Waals surface area contributed by atoms with Crippen LogP contribution in [0.3, 0.4) is 0 Å². The fraction of sp³-hybridized carbons (Fsp3) is 0.739. The van der Waals surface area contributed by atoms with Crippen LogP contribution in [-0.4, -0.2) is 73.8 Å². The molecule has 3 N–H and O–H groups in total. The molecule has 35 heavy (non-hydrogen) atoms. The van der Waals surface area contributed by atoms with Gasteiger partial charge in [-0.2, -0.15) is 21.6 Å². The predicted molar refractivity (Wildman–Crippen MR) is 121 cm³/mol. The minimum atomic E-state index is -4.73. The first-order valence-electron chi connectivity index (χ1n) is 11.4. The van der Waals surface area contributed by atoms with Crippen molar-refractivity contribution in [3.63, 3.8) is 0 Å². The molecule has 1 aromatic carbocycles. The van der Waals surface area contributed by atoms with Crippen molar-refractivity contribution < 1.29 is 50.6 Å². The van der Waals surface area contributed by atoms with E-state index in [1.807, 2.05) is 53.7 Å². The lowest BCUT2D eigenvalue weighted by atomic mass is 9.89. The van der Waals surface area contributed by atoms with Crippen molar-refractivity contribution in [2.45, 2.75) is 101 Å². The van der Waals surface area contributed by atoms with Gasteiger partial charge >= 0.3 is 6.18 Å². The number of ether oxygens (including phenoxy) is 2. The molecule has 0 aromatic heterocycles. The maximum atomic E-state index is 13.3. The Morgan fingerprint density at radius 2 is 1.43 bits per heavy atom. The van der Waals surface area contributed by atoms with Crippen LogP contribution in [0.1, 0.15) is 76.0 Å². The fourth-order valence-corrected chi connectivity index (χ4v) is 5.36. The molecule has 12 heteroatoms. The number of aliphatic hydroxyl groups is 3. The van der Waals surface area contributed by atoms with Gasteiger partial charge in [0.15, 0.2) is 6.29 Å². The Kier molecular flexibility index (Phi) is 9.76. The Bertz CT molecular complexity index is 933. The summed E-state index contributed by atoms with van der Waals surface area (Å²) in [4.78, 5) is -0.0114. The standard InChI is InChI=1S/C23H35F3O8S/c1-11(2)14-7-15(12(3)4)21(16(8-14)13(5)6)35(30,31)33-9-17-18(27)19(28)20(29)22(34-17)32-10-23(24,25)26/h7-8,11-13,17-20,22,27-29H,9-10H2,1-6H3/t17-,18-,19+,20-,22-/m1/s1. The number of rotatable bonds is 9. The highest BCUT2D eigenvalue weighted by Crippen LogP contribution is 2.36. The van der Waals surface area contributed by atoms with Crippen LogP contribution < -0.4 is 0 Å². The predicted octanol–water partition coefficient (Wildman–Crippen LogP) is 3.15. The van der Waals surface area contributed by atoms with Crippen molar-refractivity contribution in [1.29, 1.82) is 0 Å². The summed E-state index contributed by atoms with van der Waals surface area (Å²) in [6.07, 6.45) is -14.0. The van der Waals surface area contributed by atoms with Crippen LogP contribution in [0.25, 0.3) is 0 Å². The third-order valence-corrected chi connectivity index (χ3v) is 7.21. The number of hydrogen-bond donors (Lipinski definition) is 3. The first-order chi connectivity index (χ1) is 16.0. The van der Waals surface area contributed by atoms with Gasteiger partial charge in [-0.15, -0.1) is 0 Å². The average Bonchev–Trinajstić information content (AvgIpc) is 2.74. The zero-order chi connectivity index (χ0) is 26.9. The molecule has 1 fully saturated rings. The van der Waals surface area contributed by atoms with Gasteiger partial charge in [-0.05, 0) is 34.4 Å². The van der Waals surface area contributed by atoms with Crippen molar-refractivity contribution in [3.05, 3.63) is 28.8 Å². The van der Waals surface area contributed by atoms with Gasteiger partial charge < -0.3 is 24.8 Å². The van der Waals surface area contributed by atoms with E-state index in [2.05, 4.69) is 4.74 Å². The Morgan fingerprint density at radius 1 is 0.914 bits per heavy atom. The van der Waals surface area contributed by atoms with Crippen molar-refractivity contribution in [2.24, 2.45) is 0 Å². The molecular weight excluding hydrogens is 493 g/mol. The second kappa shape index (κ2) is 11.4. The maximum Gasteiger partial charge on any atom is 0.411 e. The Hall–Kier alpha value is -1.28. The zero-order valence-electron chi connectivity index (χ0n) is 20.6. The van der Waals surface area contributed by atoms with E-state index in [-0.39, 0.29) is 22.6 Å². The topological polar surface area (TPSA) is 123 Å². The van der Waals surface area contributed by atoms with E-state index in [1.165, 1.54) is 0 Å². The van der Waals surface area contributed by atoms with Gasteiger partial charge in [0.05, 0.1) is 6.61 Å². The van der Waals surface area contributed by atoms with Crippen LogP contribution in [0.15, 0.2) is 17.0 Å². The molecule has 1 aromatic rings. The number of benzene rings is 1. The van der Waals surface area contributed by atoms with Gasteiger partial charge in [0.25, 0.3) is 10.1 Å². The molecule has 0 unspecified atom stereocenters. The molecule has 0 amide bonds. The van der Waals surface area contributed by atoms with Crippen molar-refractivity contribution in [2.75, 3.05) is 13.2 Å². The lowest BCUT2D eigenvalue weighted by Gasteiger charge is -2.40. The molecule has 0 spiro atoms. The Labute approximate surface area is 204 Å². The summed E-state index contributed by atoms with van der Waals surface area (Å²) in [5.41, 5.74) is 2.06. The van der Waals surface area contributed by atoms with Crippen molar-refractivity contribution in [3.8, 4) is 0 Å². The molecule has 8 nitrogen and oxygen atoms in total. The third-order valence-electron chi connectivity index (χ3n) is 5.80. The number of aliphatic hydroxyl groups excluding tert-OH is 3. The molecule has 0 bridgehead atoms. The molecule has 1 aliphatic heterocycles. The lowest BCUT2D eigenvalue weighted by Crippen LogP contribution is -2.59. The largest absolute Gasteiger partial charge is 0.411 e. The van der Waals surface area contributed by atoms with E-state index in [0.717, 1.165) is 5.56 Å². The van der Waals surface area contributed by atoms with Crippen LogP contribution in [0.4, 0.5) is 13.2 Å². The van der Waals surface area contributed by atoms with Gasteiger partial charge in [-0.25, -0.2) is 0 Å². The Balaban J connectivity index is 2.34. The molecule has 202 valence electrons. The number of hydrogen-bond acceptors (Lipinski definition) is 8. The van der Waals surface area contributed by atoms with Crippen molar-refractivity contribution >= 4 is 10.1 Å². The van der Waals surface area contributed by atoms with E-state index < -0.39 is 60.2 Å². The first kappa shape index (κ1) is 29.9. The summed E-state index contributed by atoms with van der Waals surface area (Å²) in [7, 11) is -4.42. The smallest absolute Gasteiger partial charge is 0.387 e. The second-order valence-corrected chi connectivity index (χ2v) is 11.2. The highest BCUT2D eigenvalue weighted by Gasteiger charge is 2.46. The van der Waals surface area contributed by atoms with Gasteiger partial charge in [0.2, 0.25) is 0 Å². The Morgan fingerprint density at radius 3 is 1.86 bits per heavy atom. The zero-order valence-corrected chi connectivity index (χ0v) is 21.4. The minimum absolute atomic E-state index is 0.0114.